The molecule has 0 atom stereocenters. The van der Waals surface area contributed by atoms with Crippen LogP contribution in [0.1, 0.15) is 23.5 Å². The Morgan fingerprint density at radius 3 is 2.77 bits per heavy atom. The van der Waals surface area contributed by atoms with Crippen LogP contribution < -0.4 is 5.56 Å². The van der Waals surface area contributed by atoms with E-state index in [-0.39, 0.29) is 5.78 Å². The molecule has 0 bridgehead atoms. The second-order valence-corrected chi connectivity index (χ2v) is 5.07. The second kappa shape index (κ2) is 5.45. The van der Waals surface area contributed by atoms with Crippen molar-refractivity contribution in [2.45, 2.75) is 19.9 Å². The zero-order valence-electron chi connectivity index (χ0n) is 11.4. The largest absolute Gasteiger partial charge is 0.310 e. The van der Waals surface area contributed by atoms with E-state index in [1.165, 1.54) is 6.07 Å². The highest BCUT2D eigenvalue weighted by Gasteiger charge is 2.18. The van der Waals surface area contributed by atoms with Gasteiger partial charge in [-0.15, -0.1) is 5.10 Å². The lowest BCUT2D eigenvalue weighted by Gasteiger charge is -2.11. The molecule has 0 N–H and O–H groups in total. The molecule has 3 aromatic rings. The summed E-state index contributed by atoms with van der Waals surface area (Å²) < 4.78 is 28.0. The molecule has 114 valence electrons. The van der Waals surface area contributed by atoms with Crippen molar-refractivity contribution < 1.29 is 8.78 Å². The minimum atomic E-state index is -2.84. The molecule has 0 fully saturated rings. The van der Waals surface area contributed by atoms with Crippen LogP contribution in [0.15, 0.2) is 29.2 Å². The Morgan fingerprint density at radius 1 is 1.36 bits per heavy atom. The summed E-state index contributed by atoms with van der Waals surface area (Å²) in [5, 5.41) is 3.91. The molecule has 6 nitrogen and oxygen atoms in total. The smallest absolute Gasteiger partial charge is 0.299 e. The van der Waals surface area contributed by atoms with Crippen LogP contribution in [-0.4, -0.2) is 24.1 Å². The molecule has 3 rings (SSSR count). The van der Waals surface area contributed by atoms with Crippen molar-refractivity contribution in [2.24, 2.45) is 0 Å². The summed E-state index contributed by atoms with van der Waals surface area (Å²) in [4.78, 5) is 19.6. The van der Waals surface area contributed by atoms with Crippen LogP contribution in [0.2, 0.25) is 5.15 Å². The van der Waals surface area contributed by atoms with Crippen molar-refractivity contribution in [3.05, 3.63) is 57.0 Å². The molecule has 9 heteroatoms. The number of alkyl halides is 2. The van der Waals surface area contributed by atoms with Crippen LogP contribution in [0.4, 0.5) is 8.78 Å². The summed E-state index contributed by atoms with van der Waals surface area (Å²) in [6.45, 7) is 2.00. The molecule has 3 heterocycles. The van der Waals surface area contributed by atoms with E-state index in [1.54, 1.807) is 29.8 Å². The predicted molar refractivity (Wildman–Crippen MR) is 75.3 cm³/mol. The van der Waals surface area contributed by atoms with E-state index in [0.717, 1.165) is 10.1 Å². The highest BCUT2D eigenvalue weighted by Crippen LogP contribution is 2.16. The fourth-order valence-corrected chi connectivity index (χ4v) is 2.20. The van der Waals surface area contributed by atoms with Crippen LogP contribution in [0.3, 0.4) is 0 Å². The second-order valence-electron chi connectivity index (χ2n) is 4.68. The van der Waals surface area contributed by atoms with Gasteiger partial charge in [-0.2, -0.15) is 9.50 Å². The standard InChI is InChI=1S/C13H10ClF2N5O/c1-7-4-10(22)21-13(18-12(19-21)11(15)16)20(7)6-8-2-3-9(14)17-5-8/h2-5,11H,6H2,1H3. The van der Waals surface area contributed by atoms with Gasteiger partial charge in [0.2, 0.25) is 11.6 Å². The average molecular weight is 326 g/mol. The molecule has 0 saturated carbocycles. The fraction of sp³-hybridized carbons (Fsp3) is 0.231. The monoisotopic (exact) mass is 325 g/mol. The molecule has 0 aromatic carbocycles. The van der Waals surface area contributed by atoms with Crippen LogP contribution in [0.25, 0.3) is 5.78 Å². The Bertz CT molecular complexity index is 888. The normalized spacial score (nSPS) is 11.5. The van der Waals surface area contributed by atoms with Crippen molar-refractivity contribution >= 4 is 17.4 Å². The lowest BCUT2D eigenvalue weighted by Crippen LogP contribution is -2.20. The minimum Gasteiger partial charge on any atom is -0.310 e. The topological polar surface area (TPSA) is 65.1 Å². The number of rotatable bonds is 3. The van der Waals surface area contributed by atoms with Gasteiger partial charge in [-0.3, -0.25) is 4.79 Å². The molecule has 0 aliphatic rings. The van der Waals surface area contributed by atoms with Crippen LogP contribution in [-0.2, 0) is 6.54 Å². The molecule has 0 spiro atoms. The maximum Gasteiger partial charge on any atom is 0.299 e. The third kappa shape index (κ3) is 2.57. The SMILES string of the molecule is Cc1cc(=O)n2nc(C(F)F)nc2n1Cc1ccc(Cl)nc1. The number of hydrogen-bond donors (Lipinski definition) is 0. The molecular weight excluding hydrogens is 316 g/mol. The fourth-order valence-electron chi connectivity index (χ4n) is 2.09. The van der Waals surface area contributed by atoms with E-state index in [0.29, 0.717) is 17.4 Å². The van der Waals surface area contributed by atoms with Crippen LogP contribution in [0, 0.1) is 6.92 Å². The number of aryl methyl sites for hydroxylation is 1. The first-order chi connectivity index (χ1) is 10.5. The summed E-state index contributed by atoms with van der Waals surface area (Å²) >= 11 is 5.73. The molecule has 0 aliphatic carbocycles. The van der Waals surface area contributed by atoms with Gasteiger partial charge in [0.1, 0.15) is 5.15 Å². The molecular formula is C13H10ClF2N5O. The molecule has 0 aliphatic heterocycles. The maximum absolute atomic E-state index is 12.8. The van der Waals surface area contributed by atoms with Gasteiger partial charge >= 0.3 is 0 Å². The molecule has 3 aromatic heterocycles. The summed E-state index contributed by atoms with van der Waals surface area (Å²) in [5.41, 5.74) is 0.873. The van der Waals surface area contributed by atoms with E-state index >= 15 is 0 Å². The number of aromatic nitrogens is 5. The summed E-state index contributed by atoms with van der Waals surface area (Å²) in [6, 6.07) is 4.70. The Morgan fingerprint density at radius 2 is 2.14 bits per heavy atom. The number of halogens is 3. The first-order valence-electron chi connectivity index (χ1n) is 6.31. The van der Waals surface area contributed by atoms with E-state index < -0.39 is 17.8 Å². The molecule has 0 saturated heterocycles. The van der Waals surface area contributed by atoms with Gasteiger partial charge in [0.25, 0.3) is 12.0 Å². The zero-order valence-corrected chi connectivity index (χ0v) is 12.1. The van der Waals surface area contributed by atoms with Crippen molar-refractivity contribution in [1.29, 1.82) is 0 Å². The number of fused-ring (bicyclic) bond motifs is 1. The Balaban J connectivity index is 2.15. The van der Waals surface area contributed by atoms with E-state index in [2.05, 4.69) is 15.1 Å². The minimum absolute atomic E-state index is 0.0650. The van der Waals surface area contributed by atoms with E-state index in [4.69, 9.17) is 11.6 Å². The zero-order chi connectivity index (χ0) is 15.9. The van der Waals surface area contributed by atoms with Crippen molar-refractivity contribution in [3.8, 4) is 0 Å². The van der Waals surface area contributed by atoms with Gasteiger partial charge in [0.05, 0.1) is 6.54 Å². The third-order valence-corrected chi connectivity index (χ3v) is 3.36. The summed E-state index contributed by atoms with van der Waals surface area (Å²) in [5.74, 6) is -0.610. The quantitative estimate of drug-likeness (QED) is 0.693. The van der Waals surface area contributed by atoms with Gasteiger partial charge in [-0.05, 0) is 18.6 Å². The highest BCUT2D eigenvalue weighted by molar-refractivity contribution is 6.29. The number of hydrogen-bond acceptors (Lipinski definition) is 4. The van der Waals surface area contributed by atoms with Gasteiger partial charge in [0, 0.05) is 18.0 Å². The van der Waals surface area contributed by atoms with Gasteiger partial charge in [-0.25, -0.2) is 13.8 Å². The van der Waals surface area contributed by atoms with Crippen molar-refractivity contribution in [1.82, 2.24) is 24.1 Å². The Labute approximate surface area is 128 Å². The number of pyridine rings is 1. The highest BCUT2D eigenvalue weighted by atomic mass is 35.5. The van der Waals surface area contributed by atoms with Crippen molar-refractivity contribution in [2.75, 3.05) is 0 Å². The first kappa shape index (κ1) is 14.6. The lowest BCUT2D eigenvalue weighted by molar-refractivity contribution is 0.140. The van der Waals surface area contributed by atoms with Crippen LogP contribution in [0.5, 0.6) is 0 Å². The first-order valence-corrected chi connectivity index (χ1v) is 6.69. The van der Waals surface area contributed by atoms with Crippen LogP contribution >= 0.6 is 11.6 Å². The van der Waals surface area contributed by atoms with Gasteiger partial charge in [-0.1, -0.05) is 17.7 Å². The summed E-state index contributed by atoms with van der Waals surface area (Å²) in [6.07, 6.45) is -1.27. The lowest BCUT2D eigenvalue weighted by atomic mass is 10.2. The third-order valence-electron chi connectivity index (χ3n) is 3.14. The average Bonchev–Trinajstić information content (AvgIpc) is 2.91. The molecule has 0 radical (unpaired) electrons. The maximum atomic E-state index is 12.8. The molecule has 0 amide bonds. The number of nitrogens with zero attached hydrogens (tertiary/aromatic N) is 5. The molecule has 22 heavy (non-hydrogen) atoms. The summed E-state index contributed by atoms with van der Waals surface area (Å²) in [7, 11) is 0. The van der Waals surface area contributed by atoms with Gasteiger partial charge in [0.15, 0.2) is 0 Å². The Hall–Kier alpha value is -2.35. The van der Waals surface area contributed by atoms with E-state index in [1.807, 2.05) is 0 Å². The van der Waals surface area contributed by atoms with Gasteiger partial charge < -0.3 is 4.57 Å². The van der Waals surface area contributed by atoms with Crippen molar-refractivity contribution in [3.63, 3.8) is 0 Å². The predicted octanol–water partition coefficient (Wildman–Crippen LogP) is 2.23. The Kier molecular flexibility index (Phi) is 3.61. The van der Waals surface area contributed by atoms with E-state index in [9.17, 15) is 13.6 Å². The molecule has 0 unspecified atom stereocenters.